The van der Waals surface area contributed by atoms with Crippen LogP contribution in [0, 0.1) is 13.8 Å². The smallest absolute Gasteiger partial charge is 0.364 e. The molecule has 0 radical (unpaired) electrons. The topological polar surface area (TPSA) is 38.7 Å². The van der Waals surface area contributed by atoms with Crippen molar-refractivity contribution >= 4 is 46.4 Å². The average Bonchev–Trinajstić information content (AvgIpc) is 4.01. The second-order valence-electron chi connectivity index (χ2n) is 19.5. The maximum atomic E-state index is 8.77. The van der Waals surface area contributed by atoms with Crippen molar-refractivity contribution in [2.75, 3.05) is 0 Å². The summed E-state index contributed by atoms with van der Waals surface area (Å²) in [6, 6.07) is 53.9. The van der Waals surface area contributed by atoms with Crippen molar-refractivity contribution in [1.82, 2.24) is 9.55 Å². The molecule has 1 atom stereocenters. The number of furan rings is 1. The van der Waals surface area contributed by atoms with E-state index in [-0.39, 0.29) is 5.41 Å². The van der Waals surface area contributed by atoms with Gasteiger partial charge >= 0.3 is 11.5 Å². The monoisotopic (exact) mass is 837 g/mol. The van der Waals surface area contributed by atoms with Gasteiger partial charge < -0.3 is 4.42 Å². The lowest BCUT2D eigenvalue weighted by atomic mass is 9.82. The van der Waals surface area contributed by atoms with E-state index in [0.29, 0.717) is 11.3 Å². The highest BCUT2D eigenvalue weighted by Crippen LogP contribution is 2.54. The average molecular weight is 838 g/mol. The summed E-state index contributed by atoms with van der Waals surface area (Å²) in [7, 11) is -1.91. The molecule has 2 aliphatic rings. The molecule has 1 spiro atoms. The van der Waals surface area contributed by atoms with Crippen LogP contribution >= 0.6 is 0 Å². The van der Waals surface area contributed by atoms with Crippen LogP contribution in [-0.2, 0) is 11.1 Å². The van der Waals surface area contributed by atoms with E-state index in [0.717, 1.165) is 94.8 Å². The number of nitrogens with zero attached hydrogens (tertiary/aromatic N) is 4. The van der Waals surface area contributed by atoms with Crippen molar-refractivity contribution in [2.45, 2.75) is 65.3 Å². The molecule has 0 saturated carbocycles. The SMILES string of the molecule is [2H]C([2H])([2H])c1ccc2c(c1)C1(c3ccc4c(oc5nc(C)ccc54)c3-c3n(-c4c(-c5ccccc5)cc(C(C)(C)C)cc4-c4ccccc4)c4ccccc4[n+]31)[n+]1cc([Si](C)(C)C)ccc1-2. The standard InChI is InChI=1S/C57H50N4OSi/c1-35-23-26-43-47(31-35)57(59-34-40(63(6,7)8)25-30-48(43)59)46-29-28-41-42-27-24-36(2)58-54(42)62-53(41)51(46)55-60(49-21-15-16-22-50(49)61(55)57)52-44(37-17-11-9-12-18-37)32-39(56(3,4)5)33-45(52)38-19-13-10-14-20-38/h9-34H,1-8H3/q+2/i1D3. The van der Waals surface area contributed by atoms with Gasteiger partial charge in [0.1, 0.15) is 11.3 Å². The molecule has 1 unspecified atom stereocenters. The van der Waals surface area contributed by atoms with Crippen LogP contribution in [0.15, 0.2) is 162 Å². The summed E-state index contributed by atoms with van der Waals surface area (Å²) in [5.41, 5.74) is 14.9. The zero-order chi connectivity index (χ0) is 45.7. The number of pyridine rings is 2. The molecule has 5 nitrogen and oxygen atoms in total. The number of imidazole rings is 1. The highest BCUT2D eigenvalue weighted by atomic mass is 28.3. The molecule has 0 aliphatic carbocycles. The van der Waals surface area contributed by atoms with Crippen molar-refractivity contribution in [1.29, 1.82) is 0 Å². The van der Waals surface area contributed by atoms with Crippen LogP contribution in [0.2, 0.25) is 19.6 Å². The molecule has 4 aromatic heterocycles. The number of aromatic nitrogens is 4. The minimum absolute atomic E-state index is 0.161. The number of rotatable bonds is 4. The first-order valence-electron chi connectivity index (χ1n) is 23.5. The Kier molecular flexibility index (Phi) is 7.19. The second kappa shape index (κ2) is 13.1. The summed E-state index contributed by atoms with van der Waals surface area (Å²) in [5.74, 6) is 0.939. The highest BCUT2D eigenvalue weighted by molar-refractivity contribution is 6.88. The third kappa shape index (κ3) is 5.25. The van der Waals surface area contributed by atoms with Crippen molar-refractivity contribution in [3.63, 3.8) is 0 Å². The number of hydrogen-bond donors (Lipinski definition) is 0. The van der Waals surface area contributed by atoms with Crippen molar-refractivity contribution in [3.8, 4) is 50.6 Å². The van der Waals surface area contributed by atoms with E-state index in [1.165, 1.54) is 10.8 Å². The third-order valence-electron chi connectivity index (χ3n) is 13.6. The maximum Gasteiger partial charge on any atom is 0.364 e. The van der Waals surface area contributed by atoms with E-state index in [1.807, 2.05) is 25.1 Å². The Morgan fingerprint density at radius 2 is 1.38 bits per heavy atom. The fourth-order valence-corrected chi connectivity index (χ4v) is 11.6. The number of hydrogen-bond acceptors (Lipinski definition) is 2. The Bertz CT molecular complexity index is 3540. The van der Waals surface area contributed by atoms with Gasteiger partial charge in [0, 0.05) is 43.0 Å². The lowest BCUT2D eigenvalue weighted by Gasteiger charge is -2.24. The van der Waals surface area contributed by atoms with E-state index in [2.05, 4.69) is 188 Å². The van der Waals surface area contributed by atoms with Crippen LogP contribution in [0.1, 0.15) is 52.8 Å². The molecule has 12 rings (SSSR count). The first-order valence-corrected chi connectivity index (χ1v) is 25.5. The molecule has 306 valence electrons. The van der Waals surface area contributed by atoms with Crippen LogP contribution < -0.4 is 14.3 Å². The third-order valence-corrected chi connectivity index (χ3v) is 15.6. The quantitative estimate of drug-likeness (QED) is 0.131. The number of aryl methyl sites for hydroxylation is 2. The summed E-state index contributed by atoms with van der Waals surface area (Å²) in [5, 5.41) is 3.22. The molecular formula is C57H50N4OSi+2. The van der Waals surface area contributed by atoms with Gasteiger partial charge in [-0.25, -0.2) is 4.98 Å². The second-order valence-corrected chi connectivity index (χ2v) is 24.6. The summed E-state index contributed by atoms with van der Waals surface area (Å²) in [6.07, 6.45) is 2.37. The first-order chi connectivity index (χ1) is 31.5. The minimum Gasteiger partial charge on any atom is -0.437 e. The van der Waals surface area contributed by atoms with Crippen LogP contribution in [0.4, 0.5) is 0 Å². The molecule has 0 amide bonds. The Morgan fingerprint density at radius 1 is 0.698 bits per heavy atom. The lowest BCUT2D eigenvalue weighted by Crippen LogP contribution is -2.72. The predicted octanol–water partition coefficient (Wildman–Crippen LogP) is 12.6. The number of para-hydroxylation sites is 2. The Balaban J connectivity index is 1.36. The summed E-state index contributed by atoms with van der Waals surface area (Å²) >= 11 is 0. The lowest BCUT2D eigenvalue weighted by molar-refractivity contribution is -0.944. The molecule has 6 heteroatoms. The van der Waals surface area contributed by atoms with Crippen molar-refractivity contribution in [2.24, 2.45) is 0 Å². The van der Waals surface area contributed by atoms with Crippen LogP contribution in [0.5, 0.6) is 0 Å². The van der Waals surface area contributed by atoms with Gasteiger partial charge in [0.2, 0.25) is 11.4 Å². The molecule has 0 saturated heterocycles. The molecule has 2 aliphatic heterocycles. The molecule has 10 aromatic rings. The highest BCUT2D eigenvalue weighted by Gasteiger charge is 2.67. The summed E-state index contributed by atoms with van der Waals surface area (Å²) in [6.45, 7) is 13.7. The van der Waals surface area contributed by atoms with E-state index < -0.39 is 20.6 Å². The van der Waals surface area contributed by atoms with E-state index >= 15 is 0 Å². The van der Waals surface area contributed by atoms with Gasteiger partial charge in [-0.2, -0.15) is 4.57 Å². The fraction of sp³-hybridized carbons (Fsp3) is 0.175. The fourth-order valence-electron chi connectivity index (χ4n) is 10.5. The molecule has 6 heterocycles. The van der Waals surface area contributed by atoms with Crippen LogP contribution in [0.3, 0.4) is 0 Å². The van der Waals surface area contributed by atoms with E-state index in [1.54, 1.807) is 6.07 Å². The zero-order valence-electron chi connectivity index (χ0n) is 39.7. The van der Waals surface area contributed by atoms with Gasteiger partial charge in [-0.1, -0.05) is 131 Å². The molecule has 0 fully saturated rings. The van der Waals surface area contributed by atoms with Gasteiger partial charge in [-0.05, 0) is 96.5 Å². The first kappa shape index (κ1) is 34.7. The van der Waals surface area contributed by atoms with E-state index in [9.17, 15) is 0 Å². The van der Waals surface area contributed by atoms with Gasteiger partial charge in [-0.15, -0.1) is 9.13 Å². The van der Waals surface area contributed by atoms with Crippen molar-refractivity contribution < 1.29 is 17.7 Å². The zero-order valence-corrected chi connectivity index (χ0v) is 37.7. The largest absolute Gasteiger partial charge is 0.437 e. The summed E-state index contributed by atoms with van der Waals surface area (Å²) in [4.78, 5) is 4.95. The normalized spacial score (nSPS) is 16.3. The molecule has 6 aromatic carbocycles. The van der Waals surface area contributed by atoms with Gasteiger partial charge in [0.05, 0.1) is 24.8 Å². The molecule has 0 N–H and O–H groups in total. The Hall–Kier alpha value is -6.89. The number of fused-ring (bicyclic) bond motifs is 16. The van der Waals surface area contributed by atoms with E-state index in [4.69, 9.17) is 13.5 Å². The van der Waals surface area contributed by atoms with Crippen LogP contribution in [0.25, 0.3) is 83.7 Å². The van der Waals surface area contributed by atoms with Crippen molar-refractivity contribution in [3.05, 3.63) is 186 Å². The molecule has 63 heavy (non-hydrogen) atoms. The maximum absolute atomic E-state index is 8.77. The van der Waals surface area contributed by atoms with Crippen LogP contribution in [-0.4, -0.2) is 17.6 Å². The molecule has 0 bridgehead atoms. The minimum atomic E-state index is -2.34. The Labute approximate surface area is 373 Å². The summed E-state index contributed by atoms with van der Waals surface area (Å²) < 4.78 is 40.9. The number of benzene rings is 6. The predicted molar refractivity (Wildman–Crippen MR) is 260 cm³/mol. The Morgan fingerprint density at radius 3 is 2.06 bits per heavy atom. The van der Waals surface area contributed by atoms with Gasteiger partial charge in [0.15, 0.2) is 22.8 Å². The van der Waals surface area contributed by atoms with Gasteiger partial charge in [0.25, 0.3) is 0 Å². The van der Waals surface area contributed by atoms with Gasteiger partial charge in [-0.3, -0.25) is 0 Å². The molecular weight excluding hydrogens is 785 g/mol.